The number of hydrogen-bond acceptors (Lipinski definition) is 3. The second-order valence-electron chi connectivity index (χ2n) is 8.69. The molecule has 4 heterocycles. The van der Waals surface area contributed by atoms with Crippen LogP contribution in [0, 0.1) is 0 Å². The van der Waals surface area contributed by atoms with Crippen LogP contribution in [-0.4, -0.2) is 28.4 Å². The van der Waals surface area contributed by atoms with Gasteiger partial charge in [0.05, 0.1) is 6.26 Å². The Morgan fingerprint density at radius 1 is 1.13 bits per heavy atom. The van der Waals surface area contributed by atoms with E-state index in [1.54, 1.807) is 6.26 Å². The van der Waals surface area contributed by atoms with Crippen molar-refractivity contribution in [1.82, 2.24) is 9.88 Å². The molecule has 5 nitrogen and oxygen atoms in total. The zero-order chi connectivity index (χ0) is 20.9. The average molecular weight is 412 g/mol. The molecule has 1 N–H and O–H groups in total. The lowest BCUT2D eigenvalue weighted by molar-refractivity contribution is 0.0701. The Kier molecular flexibility index (Phi) is 4.16. The molecular weight excluding hydrogens is 386 g/mol. The second kappa shape index (κ2) is 7.05. The molecule has 2 aliphatic rings. The van der Waals surface area contributed by atoms with Gasteiger partial charge in [0.1, 0.15) is 0 Å². The molecule has 2 aliphatic heterocycles. The maximum atomic E-state index is 13.5. The number of H-pyrrole nitrogens is 1. The van der Waals surface area contributed by atoms with Gasteiger partial charge in [-0.2, -0.15) is 0 Å². The highest BCUT2D eigenvalue weighted by Crippen LogP contribution is 2.34. The molecule has 4 aromatic rings. The Morgan fingerprint density at radius 3 is 2.90 bits per heavy atom. The summed E-state index contributed by atoms with van der Waals surface area (Å²) < 4.78 is 5.74. The van der Waals surface area contributed by atoms with Gasteiger partial charge in [0, 0.05) is 65.5 Å². The summed E-state index contributed by atoms with van der Waals surface area (Å²) in [6.07, 6.45) is 3.52. The number of hydrogen-bond donors (Lipinski definition) is 1. The summed E-state index contributed by atoms with van der Waals surface area (Å²) in [5, 5.41) is 1.21. The van der Waals surface area contributed by atoms with Crippen molar-refractivity contribution in [1.29, 1.82) is 0 Å². The molecule has 1 amide bonds. The van der Waals surface area contributed by atoms with E-state index in [4.69, 9.17) is 4.42 Å². The molecule has 0 spiro atoms. The van der Waals surface area contributed by atoms with E-state index >= 15 is 0 Å². The number of para-hydroxylation sites is 2. The number of fused-ring (bicyclic) bond motifs is 4. The minimum absolute atomic E-state index is 0.0175. The third-order valence-corrected chi connectivity index (χ3v) is 6.80. The Labute approximate surface area is 181 Å². The van der Waals surface area contributed by atoms with Crippen molar-refractivity contribution in [2.75, 3.05) is 11.4 Å². The molecule has 2 aromatic carbocycles. The maximum absolute atomic E-state index is 13.5. The molecule has 0 radical (unpaired) electrons. The quantitative estimate of drug-likeness (QED) is 0.521. The van der Waals surface area contributed by atoms with Crippen LogP contribution in [0.4, 0.5) is 5.69 Å². The highest BCUT2D eigenvalue weighted by atomic mass is 16.3. The van der Waals surface area contributed by atoms with Gasteiger partial charge in [0.25, 0.3) is 5.91 Å². The van der Waals surface area contributed by atoms with E-state index in [-0.39, 0.29) is 5.91 Å². The Bertz CT molecular complexity index is 1280. The zero-order valence-electron chi connectivity index (χ0n) is 17.6. The van der Waals surface area contributed by atoms with Gasteiger partial charge in [-0.3, -0.25) is 4.79 Å². The van der Waals surface area contributed by atoms with Crippen LogP contribution in [0.1, 0.15) is 39.9 Å². The van der Waals surface area contributed by atoms with E-state index in [0.717, 1.165) is 23.9 Å². The molecule has 0 fully saturated rings. The SMILES string of the molecule is CC1Cc2ccccc2N1Cc1ccoc1C(=O)N1CCc2[nH]c3ccccc3c2C1. The van der Waals surface area contributed by atoms with E-state index in [1.807, 2.05) is 17.0 Å². The van der Waals surface area contributed by atoms with Crippen molar-refractivity contribution in [3.8, 4) is 0 Å². The number of carbonyl (C=O) groups excluding carboxylic acids is 1. The molecule has 6 rings (SSSR count). The number of nitrogens with one attached hydrogen (secondary N) is 1. The number of nitrogens with zero attached hydrogens (tertiary/aromatic N) is 2. The summed E-state index contributed by atoms with van der Waals surface area (Å²) in [6, 6.07) is 19.2. The van der Waals surface area contributed by atoms with Crippen LogP contribution < -0.4 is 4.90 Å². The summed E-state index contributed by atoms with van der Waals surface area (Å²) in [5.74, 6) is 0.455. The van der Waals surface area contributed by atoms with Gasteiger partial charge in [-0.1, -0.05) is 36.4 Å². The number of anilines is 1. The van der Waals surface area contributed by atoms with Crippen molar-refractivity contribution in [2.45, 2.75) is 38.9 Å². The van der Waals surface area contributed by atoms with Gasteiger partial charge < -0.3 is 19.2 Å². The Balaban J connectivity index is 1.26. The van der Waals surface area contributed by atoms with Gasteiger partial charge in [-0.05, 0) is 37.1 Å². The first kappa shape index (κ1) is 18.3. The van der Waals surface area contributed by atoms with Crippen LogP contribution in [0.5, 0.6) is 0 Å². The van der Waals surface area contributed by atoms with Crippen LogP contribution in [-0.2, 0) is 25.9 Å². The fourth-order valence-corrected chi connectivity index (χ4v) is 5.19. The number of furan rings is 1. The lowest BCUT2D eigenvalue weighted by Gasteiger charge is -2.28. The molecule has 2 aromatic heterocycles. The number of rotatable bonds is 3. The smallest absolute Gasteiger partial charge is 0.290 e. The van der Waals surface area contributed by atoms with Crippen molar-refractivity contribution in [2.24, 2.45) is 0 Å². The predicted octanol–water partition coefficient (Wildman–Crippen LogP) is 4.91. The summed E-state index contributed by atoms with van der Waals surface area (Å²) in [4.78, 5) is 21.3. The molecule has 0 aliphatic carbocycles. The van der Waals surface area contributed by atoms with E-state index in [2.05, 4.69) is 59.3 Å². The van der Waals surface area contributed by atoms with Gasteiger partial charge in [-0.25, -0.2) is 0 Å². The van der Waals surface area contributed by atoms with E-state index < -0.39 is 0 Å². The predicted molar refractivity (Wildman–Crippen MR) is 121 cm³/mol. The molecule has 31 heavy (non-hydrogen) atoms. The first-order chi connectivity index (χ1) is 15.2. The van der Waals surface area contributed by atoms with Crippen molar-refractivity contribution < 1.29 is 9.21 Å². The van der Waals surface area contributed by atoms with Crippen molar-refractivity contribution in [3.05, 3.63) is 89.0 Å². The number of aromatic amines is 1. The maximum Gasteiger partial charge on any atom is 0.290 e. The molecule has 0 saturated heterocycles. The van der Waals surface area contributed by atoms with Crippen LogP contribution in [0.25, 0.3) is 10.9 Å². The first-order valence-electron chi connectivity index (χ1n) is 11.0. The standard InChI is InChI=1S/C26H25N3O2/c1-17-14-18-6-2-5-9-24(18)29(17)15-19-11-13-31-25(19)26(30)28-12-10-23-21(16-28)20-7-3-4-8-22(20)27-23/h2-9,11,13,17,27H,10,12,14-16H2,1H3. The van der Waals surface area contributed by atoms with Gasteiger partial charge in [0.15, 0.2) is 5.76 Å². The number of aromatic nitrogens is 1. The Morgan fingerprint density at radius 2 is 1.97 bits per heavy atom. The average Bonchev–Trinajstić information content (AvgIpc) is 3.49. The highest BCUT2D eigenvalue weighted by molar-refractivity contribution is 5.94. The second-order valence-corrected chi connectivity index (χ2v) is 8.69. The topological polar surface area (TPSA) is 52.5 Å². The highest BCUT2D eigenvalue weighted by Gasteiger charge is 2.31. The van der Waals surface area contributed by atoms with Gasteiger partial charge in [-0.15, -0.1) is 0 Å². The minimum Gasteiger partial charge on any atom is -0.459 e. The normalized spacial score (nSPS) is 17.8. The molecule has 1 unspecified atom stereocenters. The third-order valence-electron chi connectivity index (χ3n) is 6.80. The summed E-state index contributed by atoms with van der Waals surface area (Å²) in [6.45, 7) is 4.23. The van der Waals surface area contributed by atoms with Crippen molar-refractivity contribution in [3.63, 3.8) is 0 Å². The first-order valence-corrected chi connectivity index (χ1v) is 11.0. The van der Waals surface area contributed by atoms with Gasteiger partial charge in [0.2, 0.25) is 0 Å². The number of benzene rings is 2. The monoisotopic (exact) mass is 411 g/mol. The zero-order valence-corrected chi connectivity index (χ0v) is 17.6. The van der Waals surface area contributed by atoms with Crippen LogP contribution in [0.15, 0.2) is 65.3 Å². The van der Waals surface area contributed by atoms with Crippen LogP contribution in [0.2, 0.25) is 0 Å². The van der Waals surface area contributed by atoms with E-state index in [1.165, 1.54) is 27.9 Å². The van der Waals surface area contributed by atoms with Gasteiger partial charge >= 0.3 is 0 Å². The fourth-order valence-electron chi connectivity index (χ4n) is 5.19. The van der Waals surface area contributed by atoms with Crippen LogP contribution >= 0.6 is 0 Å². The molecule has 0 saturated carbocycles. The number of amides is 1. The lowest BCUT2D eigenvalue weighted by Crippen LogP contribution is -2.36. The molecular formula is C26H25N3O2. The summed E-state index contributed by atoms with van der Waals surface area (Å²) in [7, 11) is 0. The molecule has 5 heteroatoms. The third kappa shape index (κ3) is 2.95. The van der Waals surface area contributed by atoms with Crippen LogP contribution in [0.3, 0.4) is 0 Å². The largest absolute Gasteiger partial charge is 0.459 e. The molecule has 0 bridgehead atoms. The van der Waals surface area contributed by atoms with E-state index in [0.29, 0.717) is 31.4 Å². The molecule has 1 atom stereocenters. The minimum atomic E-state index is -0.0175. The summed E-state index contributed by atoms with van der Waals surface area (Å²) >= 11 is 0. The lowest BCUT2D eigenvalue weighted by atomic mass is 10.0. The number of carbonyl (C=O) groups is 1. The molecule has 156 valence electrons. The van der Waals surface area contributed by atoms with Crippen molar-refractivity contribution >= 4 is 22.5 Å². The van der Waals surface area contributed by atoms with E-state index in [9.17, 15) is 4.79 Å². The fraction of sp³-hybridized carbons (Fsp3) is 0.269. The Hall–Kier alpha value is -3.47. The summed E-state index contributed by atoms with van der Waals surface area (Å²) in [5.41, 5.74) is 7.20.